The molecule has 0 aliphatic carbocycles. The molecule has 0 bridgehead atoms. The fourth-order valence-corrected chi connectivity index (χ4v) is 4.48. The van der Waals surface area contributed by atoms with Crippen molar-refractivity contribution >= 4 is 17.4 Å². The Labute approximate surface area is 172 Å². The van der Waals surface area contributed by atoms with Crippen LogP contribution in [0, 0.1) is 0 Å². The highest BCUT2D eigenvalue weighted by molar-refractivity contribution is 6.07. The summed E-state index contributed by atoms with van der Waals surface area (Å²) in [5.41, 5.74) is 4.47. The van der Waals surface area contributed by atoms with Gasteiger partial charge in [-0.15, -0.1) is 0 Å². The van der Waals surface area contributed by atoms with Crippen LogP contribution in [0.15, 0.2) is 36.4 Å². The Balaban J connectivity index is 1.57. The second-order valence-electron chi connectivity index (χ2n) is 7.73. The summed E-state index contributed by atoms with van der Waals surface area (Å²) in [5, 5.41) is 3.01. The molecule has 0 saturated carbocycles. The average molecular weight is 392 g/mol. The fraction of sp³-hybridized carbons (Fsp3) is 0.417. The van der Waals surface area contributed by atoms with Gasteiger partial charge in [-0.05, 0) is 74.2 Å². The largest absolute Gasteiger partial charge is 0.493 e. The predicted octanol–water partition coefficient (Wildman–Crippen LogP) is 4.62. The first-order chi connectivity index (χ1) is 14.1. The van der Waals surface area contributed by atoms with Crippen molar-refractivity contribution in [2.24, 2.45) is 0 Å². The average Bonchev–Trinajstić information content (AvgIpc) is 3.23. The van der Waals surface area contributed by atoms with E-state index < -0.39 is 0 Å². The van der Waals surface area contributed by atoms with Gasteiger partial charge in [0.25, 0.3) is 5.91 Å². The molecule has 4 rings (SSSR count). The lowest BCUT2D eigenvalue weighted by Crippen LogP contribution is -2.31. The Kier molecular flexibility index (Phi) is 5.67. The molecular weight excluding hydrogens is 364 g/mol. The molecule has 1 N–H and O–H groups in total. The molecule has 152 valence electrons. The van der Waals surface area contributed by atoms with E-state index in [4.69, 9.17) is 4.74 Å². The maximum atomic E-state index is 12.9. The van der Waals surface area contributed by atoms with Crippen LogP contribution in [-0.2, 0) is 6.42 Å². The summed E-state index contributed by atoms with van der Waals surface area (Å²) < 4.78 is 5.56. The van der Waals surface area contributed by atoms with Crippen LogP contribution >= 0.6 is 0 Å². The Bertz CT molecular complexity index is 938. The van der Waals surface area contributed by atoms with E-state index in [9.17, 15) is 9.59 Å². The zero-order valence-corrected chi connectivity index (χ0v) is 17.2. The smallest absolute Gasteiger partial charge is 0.255 e. The molecule has 1 saturated heterocycles. The van der Waals surface area contributed by atoms with Gasteiger partial charge in [-0.25, -0.2) is 0 Å². The minimum atomic E-state index is -0.211. The lowest BCUT2D eigenvalue weighted by Gasteiger charge is -2.32. The molecule has 29 heavy (non-hydrogen) atoms. The number of nitrogens with zero attached hydrogens (tertiary/aromatic N) is 1. The van der Waals surface area contributed by atoms with Gasteiger partial charge in [-0.2, -0.15) is 0 Å². The van der Waals surface area contributed by atoms with Crippen LogP contribution in [0.4, 0.5) is 5.69 Å². The Morgan fingerprint density at radius 1 is 1.14 bits per heavy atom. The van der Waals surface area contributed by atoms with Crippen molar-refractivity contribution in [2.75, 3.05) is 25.0 Å². The number of ketones is 1. The number of carbonyl (C=O) groups excluding carboxylic acids is 2. The number of rotatable bonds is 6. The third-order valence-electron chi connectivity index (χ3n) is 5.96. The Morgan fingerprint density at radius 2 is 2.00 bits per heavy atom. The SMILES string of the molecule is CCOc1ccc(C(=O)Nc2ccc3c(c2)C2CCCN2CC3)cc1C(=O)CC. The van der Waals surface area contributed by atoms with Gasteiger partial charge in [0, 0.05) is 30.3 Å². The second-order valence-corrected chi connectivity index (χ2v) is 7.73. The highest BCUT2D eigenvalue weighted by Crippen LogP contribution is 2.38. The number of Topliss-reactive ketones (excluding diaryl/α,β-unsaturated/α-hetero) is 1. The van der Waals surface area contributed by atoms with Crippen LogP contribution in [0.3, 0.4) is 0 Å². The molecule has 0 spiro atoms. The van der Waals surface area contributed by atoms with E-state index in [1.807, 2.05) is 19.9 Å². The van der Waals surface area contributed by atoms with E-state index in [2.05, 4.69) is 22.3 Å². The van der Waals surface area contributed by atoms with Gasteiger partial charge in [-0.3, -0.25) is 14.5 Å². The van der Waals surface area contributed by atoms with Crippen molar-refractivity contribution in [3.05, 3.63) is 58.7 Å². The van der Waals surface area contributed by atoms with Gasteiger partial charge < -0.3 is 10.1 Å². The monoisotopic (exact) mass is 392 g/mol. The molecule has 2 heterocycles. The predicted molar refractivity (Wildman–Crippen MR) is 114 cm³/mol. The third kappa shape index (κ3) is 3.92. The highest BCUT2D eigenvalue weighted by Gasteiger charge is 2.31. The van der Waals surface area contributed by atoms with Crippen molar-refractivity contribution in [1.29, 1.82) is 0 Å². The molecule has 2 aliphatic rings. The van der Waals surface area contributed by atoms with Gasteiger partial charge >= 0.3 is 0 Å². The number of anilines is 1. The van der Waals surface area contributed by atoms with E-state index >= 15 is 0 Å². The lowest BCUT2D eigenvalue weighted by atomic mass is 9.92. The third-order valence-corrected chi connectivity index (χ3v) is 5.96. The molecule has 5 heteroatoms. The minimum absolute atomic E-state index is 0.0294. The molecule has 2 aromatic carbocycles. The maximum absolute atomic E-state index is 12.9. The number of hydrogen-bond acceptors (Lipinski definition) is 4. The number of benzene rings is 2. The zero-order chi connectivity index (χ0) is 20.4. The Morgan fingerprint density at radius 3 is 2.79 bits per heavy atom. The second kappa shape index (κ2) is 8.37. The van der Waals surface area contributed by atoms with Gasteiger partial charge in [0.1, 0.15) is 5.75 Å². The quantitative estimate of drug-likeness (QED) is 0.729. The number of nitrogens with one attached hydrogen (secondary N) is 1. The number of carbonyl (C=O) groups is 2. The van der Waals surface area contributed by atoms with E-state index in [0.29, 0.717) is 35.9 Å². The van der Waals surface area contributed by atoms with Crippen LogP contribution in [0.25, 0.3) is 0 Å². The summed E-state index contributed by atoms with van der Waals surface area (Å²) in [7, 11) is 0. The van der Waals surface area contributed by atoms with Crippen LogP contribution < -0.4 is 10.1 Å². The van der Waals surface area contributed by atoms with Crippen LogP contribution in [0.2, 0.25) is 0 Å². The molecule has 1 amide bonds. The molecule has 5 nitrogen and oxygen atoms in total. The van der Waals surface area contributed by atoms with Crippen LogP contribution in [0.1, 0.15) is 71.0 Å². The first kappa shape index (κ1) is 19.6. The summed E-state index contributed by atoms with van der Waals surface area (Å²) in [6.07, 6.45) is 3.86. The lowest BCUT2D eigenvalue weighted by molar-refractivity contribution is 0.0984. The summed E-state index contributed by atoms with van der Waals surface area (Å²) in [6.45, 7) is 6.46. The van der Waals surface area contributed by atoms with E-state index in [1.165, 1.54) is 30.5 Å². The number of ether oxygens (including phenoxy) is 1. The van der Waals surface area contributed by atoms with Gasteiger partial charge in [0.05, 0.1) is 12.2 Å². The minimum Gasteiger partial charge on any atom is -0.493 e. The van der Waals surface area contributed by atoms with Crippen LogP contribution in [0.5, 0.6) is 5.75 Å². The fourth-order valence-electron chi connectivity index (χ4n) is 4.48. The zero-order valence-electron chi connectivity index (χ0n) is 17.2. The molecular formula is C24H28N2O3. The van der Waals surface area contributed by atoms with Gasteiger partial charge in [0.15, 0.2) is 5.78 Å². The number of fused-ring (bicyclic) bond motifs is 3. The molecule has 0 aromatic heterocycles. The summed E-state index contributed by atoms with van der Waals surface area (Å²) in [5.74, 6) is 0.293. The van der Waals surface area contributed by atoms with E-state index in [-0.39, 0.29) is 11.7 Å². The number of amides is 1. The summed E-state index contributed by atoms with van der Waals surface area (Å²) in [4.78, 5) is 27.7. The summed E-state index contributed by atoms with van der Waals surface area (Å²) in [6, 6.07) is 11.8. The van der Waals surface area contributed by atoms with Gasteiger partial charge in [0.2, 0.25) is 0 Å². The van der Waals surface area contributed by atoms with Crippen molar-refractivity contribution in [3.8, 4) is 5.75 Å². The van der Waals surface area contributed by atoms with Crippen molar-refractivity contribution in [2.45, 2.75) is 45.6 Å². The number of hydrogen-bond donors (Lipinski definition) is 1. The normalized spacial score (nSPS) is 18.1. The first-order valence-corrected chi connectivity index (χ1v) is 10.6. The van der Waals surface area contributed by atoms with Crippen molar-refractivity contribution in [3.63, 3.8) is 0 Å². The molecule has 1 unspecified atom stereocenters. The van der Waals surface area contributed by atoms with Crippen LogP contribution in [-0.4, -0.2) is 36.3 Å². The van der Waals surface area contributed by atoms with Gasteiger partial charge in [-0.1, -0.05) is 13.0 Å². The standard InChI is InChI=1S/C24H28N2O3/c1-3-22(27)20-14-17(8-10-23(20)29-4-2)24(28)25-18-9-7-16-11-13-26-12-5-6-21(26)19(16)15-18/h7-10,14-15,21H,3-6,11-13H2,1-2H3,(H,25,28). The van der Waals surface area contributed by atoms with E-state index in [1.54, 1.807) is 18.2 Å². The van der Waals surface area contributed by atoms with E-state index in [0.717, 1.165) is 18.7 Å². The maximum Gasteiger partial charge on any atom is 0.255 e. The first-order valence-electron chi connectivity index (χ1n) is 10.6. The highest BCUT2D eigenvalue weighted by atomic mass is 16.5. The molecule has 2 aromatic rings. The molecule has 2 aliphatic heterocycles. The molecule has 1 atom stereocenters. The summed E-state index contributed by atoms with van der Waals surface area (Å²) >= 11 is 0. The van der Waals surface area contributed by atoms with Crippen molar-refractivity contribution < 1.29 is 14.3 Å². The molecule has 0 radical (unpaired) electrons. The topological polar surface area (TPSA) is 58.6 Å². The van der Waals surface area contributed by atoms with Crippen molar-refractivity contribution in [1.82, 2.24) is 4.90 Å². The Hall–Kier alpha value is -2.66. The molecule has 1 fully saturated rings.